The number of rotatable bonds is 8. The largest absolute Gasteiger partial charge is 0.454 e. The second kappa shape index (κ2) is 9.15. The highest BCUT2D eigenvalue weighted by molar-refractivity contribution is 7.92. The highest BCUT2D eigenvalue weighted by Crippen LogP contribution is 2.32. The van der Waals surface area contributed by atoms with Crippen molar-refractivity contribution in [2.24, 2.45) is 0 Å². The van der Waals surface area contributed by atoms with E-state index in [0.717, 1.165) is 5.56 Å². The molecule has 0 atom stereocenters. The van der Waals surface area contributed by atoms with Crippen molar-refractivity contribution in [3.05, 3.63) is 96.6 Å². The molecule has 0 aromatic heterocycles. The van der Waals surface area contributed by atoms with Crippen molar-refractivity contribution in [1.82, 2.24) is 5.32 Å². The summed E-state index contributed by atoms with van der Waals surface area (Å²) in [6, 6.07) is 20.2. The van der Waals surface area contributed by atoms with E-state index in [4.69, 9.17) is 9.47 Å². The van der Waals surface area contributed by atoms with Crippen LogP contribution in [0.25, 0.3) is 0 Å². The van der Waals surface area contributed by atoms with Crippen molar-refractivity contribution in [3.8, 4) is 11.5 Å². The lowest BCUT2D eigenvalue weighted by Gasteiger charge is -2.23. The molecule has 1 N–H and O–H groups in total. The lowest BCUT2D eigenvalue weighted by molar-refractivity contribution is 0.0950. The summed E-state index contributed by atoms with van der Waals surface area (Å²) in [5.41, 5.74) is 1.61. The van der Waals surface area contributed by atoms with Crippen molar-refractivity contribution < 1.29 is 22.7 Å². The van der Waals surface area contributed by atoms with E-state index in [1.165, 1.54) is 22.5 Å². The molecule has 8 heteroatoms. The van der Waals surface area contributed by atoms with Crippen LogP contribution in [0.2, 0.25) is 0 Å². The number of para-hydroxylation sites is 1. The first-order valence-corrected chi connectivity index (χ1v) is 11.4. The van der Waals surface area contributed by atoms with Gasteiger partial charge in [-0.25, -0.2) is 8.42 Å². The van der Waals surface area contributed by atoms with E-state index < -0.39 is 10.0 Å². The third-order valence-electron chi connectivity index (χ3n) is 4.91. The van der Waals surface area contributed by atoms with Gasteiger partial charge in [0.1, 0.15) is 0 Å². The zero-order valence-electron chi connectivity index (χ0n) is 17.2. The van der Waals surface area contributed by atoms with E-state index in [0.29, 0.717) is 17.2 Å². The van der Waals surface area contributed by atoms with Crippen LogP contribution in [-0.4, -0.2) is 27.7 Å². The summed E-state index contributed by atoms with van der Waals surface area (Å²) >= 11 is 0. The Morgan fingerprint density at radius 2 is 1.78 bits per heavy atom. The van der Waals surface area contributed by atoms with E-state index in [1.807, 2.05) is 12.1 Å². The van der Waals surface area contributed by atoms with Gasteiger partial charge in [-0.05, 0) is 48.0 Å². The molecule has 0 radical (unpaired) electrons. The Balaban J connectivity index is 1.53. The van der Waals surface area contributed by atoms with E-state index in [-0.39, 0.29) is 36.2 Å². The van der Waals surface area contributed by atoms with Crippen molar-refractivity contribution in [1.29, 1.82) is 0 Å². The molecular weight excluding hydrogens is 428 g/mol. The van der Waals surface area contributed by atoms with Gasteiger partial charge in [0, 0.05) is 12.1 Å². The summed E-state index contributed by atoms with van der Waals surface area (Å²) in [4.78, 5) is 12.7. The van der Waals surface area contributed by atoms with Crippen molar-refractivity contribution in [2.45, 2.75) is 11.4 Å². The maximum absolute atomic E-state index is 13.3. The number of anilines is 1. The van der Waals surface area contributed by atoms with Gasteiger partial charge >= 0.3 is 0 Å². The number of carbonyl (C=O) groups excluding carboxylic acids is 1. The lowest BCUT2D eigenvalue weighted by Crippen LogP contribution is -2.31. The normalized spacial score (nSPS) is 12.2. The number of carbonyl (C=O) groups is 1. The summed E-state index contributed by atoms with van der Waals surface area (Å²) in [6.07, 6.45) is 1.52. The Morgan fingerprint density at radius 1 is 1.00 bits per heavy atom. The van der Waals surface area contributed by atoms with Gasteiger partial charge < -0.3 is 14.8 Å². The van der Waals surface area contributed by atoms with Gasteiger partial charge in [-0.1, -0.05) is 36.4 Å². The predicted molar refractivity (Wildman–Crippen MR) is 121 cm³/mol. The fourth-order valence-corrected chi connectivity index (χ4v) is 4.80. The maximum Gasteiger partial charge on any atom is 0.264 e. The minimum Gasteiger partial charge on any atom is -0.454 e. The molecule has 1 amide bonds. The summed E-state index contributed by atoms with van der Waals surface area (Å²) < 4.78 is 38.5. The molecule has 0 aliphatic carbocycles. The molecule has 0 saturated carbocycles. The van der Waals surface area contributed by atoms with Crippen LogP contribution < -0.4 is 19.1 Å². The molecule has 164 valence electrons. The van der Waals surface area contributed by atoms with Crippen LogP contribution in [0.3, 0.4) is 0 Å². The molecular formula is C24H22N2O5S. The lowest BCUT2D eigenvalue weighted by atomic mass is 10.2. The van der Waals surface area contributed by atoms with E-state index in [2.05, 4.69) is 11.9 Å². The number of nitrogens with zero attached hydrogens (tertiary/aromatic N) is 1. The number of nitrogens with one attached hydrogen (secondary N) is 1. The Hall–Kier alpha value is -3.78. The molecule has 0 saturated heterocycles. The number of hydrogen-bond donors (Lipinski definition) is 1. The molecule has 7 nitrogen and oxygen atoms in total. The van der Waals surface area contributed by atoms with Gasteiger partial charge in [-0.3, -0.25) is 9.10 Å². The number of benzene rings is 3. The summed E-state index contributed by atoms with van der Waals surface area (Å²) in [7, 11) is -3.89. The maximum atomic E-state index is 13.3. The average molecular weight is 451 g/mol. The molecule has 0 spiro atoms. The second-order valence-corrected chi connectivity index (χ2v) is 8.92. The first-order chi connectivity index (χ1) is 15.5. The van der Waals surface area contributed by atoms with Crippen LogP contribution in [0.1, 0.15) is 15.9 Å². The van der Waals surface area contributed by atoms with Crippen molar-refractivity contribution in [3.63, 3.8) is 0 Å². The molecule has 3 aromatic rings. The minimum atomic E-state index is -3.89. The first-order valence-electron chi connectivity index (χ1n) is 9.94. The Morgan fingerprint density at radius 3 is 2.56 bits per heavy atom. The fourth-order valence-electron chi connectivity index (χ4n) is 3.31. The van der Waals surface area contributed by atoms with Gasteiger partial charge in [0.2, 0.25) is 6.79 Å². The Bertz CT molecular complexity index is 1240. The smallest absolute Gasteiger partial charge is 0.264 e. The second-order valence-electron chi connectivity index (χ2n) is 7.06. The zero-order valence-corrected chi connectivity index (χ0v) is 18.0. The van der Waals surface area contributed by atoms with Crippen molar-refractivity contribution >= 4 is 21.6 Å². The van der Waals surface area contributed by atoms with Crippen LogP contribution in [0.5, 0.6) is 11.5 Å². The third kappa shape index (κ3) is 4.45. The van der Waals surface area contributed by atoms with Crippen LogP contribution in [0.4, 0.5) is 5.69 Å². The summed E-state index contributed by atoms with van der Waals surface area (Å²) in [5, 5.41) is 2.81. The standard InChI is InChI=1S/C24H22N2O5S/c1-2-13-26(20-8-4-3-5-9-20)32(28,29)21-10-6-7-19(15-21)24(27)25-16-18-11-12-22-23(14-18)31-17-30-22/h2-12,14-15H,1,13,16-17H2,(H,25,27). The zero-order chi connectivity index (χ0) is 22.6. The van der Waals surface area contributed by atoms with Gasteiger partial charge in [0.15, 0.2) is 11.5 Å². The SMILES string of the molecule is C=CCN(c1ccccc1)S(=O)(=O)c1cccc(C(=O)NCc2ccc3c(c2)OCO3)c1. The highest BCUT2D eigenvalue weighted by Gasteiger charge is 2.25. The molecule has 32 heavy (non-hydrogen) atoms. The first kappa shape index (κ1) is 21.5. The summed E-state index contributed by atoms with van der Waals surface area (Å²) in [6.45, 7) is 4.21. The molecule has 1 heterocycles. The fraction of sp³-hybridized carbons (Fsp3) is 0.125. The summed E-state index contributed by atoms with van der Waals surface area (Å²) in [5.74, 6) is 0.920. The highest BCUT2D eigenvalue weighted by atomic mass is 32.2. The number of amides is 1. The van der Waals surface area contributed by atoms with Gasteiger partial charge in [-0.2, -0.15) is 0 Å². The van der Waals surface area contributed by atoms with Crippen LogP contribution >= 0.6 is 0 Å². The third-order valence-corrected chi connectivity index (χ3v) is 6.70. The average Bonchev–Trinajstić information content (AvgIpc) is 3.29. The predicted octanol–water partition coefficient (Wildman–Crippen LogP) is 3.73. The Labute approximate surface area is 186 Å². The molecule has 1 aliphatic rings. The van der Waals surface area contributed by atoms with Gasteiger partial charge in [-0.15, -0.1) is 6.58 Å². The van der Waals surface area contributed by atoms with Gasteiger partial charge in [0.25, 0.3) is 15.9 Å². The van der Waals surface area contributed by atoms with Crippen LogP contribution in [-0.2, 0) is 16.6 Å². The topological polar surface area (TPSA) is 84.9 Å². The Kier molecular flexibility index (Phi) is 6.13. The van der Waals surface area contributed by atoms with Crippen molar-refractivity contribution in [2.75, 3.05) is 17.6 Å². The molecule has 3 aromatic carbocycles. The number of ether oxygens (including phenoxy) is 2. The number of fused-ring (bicyclic) bond motifs is 1. The van der Waals surface area contributed by atoms with Gasteiger partial charge in [0.05, 0.1) is 17.1 Å². The van der Waals surface area contributed by atoms with E-state index in [1.54, 1.807) is 48.5 Å². The molecule has 0 unspecified atom stereocenters. The van der Waals surface area contributed by atoms with Crippen LogP contribution in [0.15, 0.2) is 90.3 Å². The number of hydrogen-bond acceptors (Lipinski definition) is 5. The number of sulfonamides is 1. The minimum absolute atomic E-state index is 0.0268. The van der Waals surface area contributed by atoms with E-state index >= 15 is 0 Å². The quantitative estimate of drug-likeness (QED) is 0.529. The molecule has 1 aliphatic heterocycles. The molecule has 4 rings (SSSR count). The van der Waals surface area contributed by atoms with E-state index in [9.17, 15) is 13.2 Å². The van der Waals surface area contributed by atoms with Crippen LogP contribution in [0, 0.1) is 0 Å². The monoisotopic (exact) mass is 450 g/mol. The molecule has 0 bridgehead atoms. The molecule has 0 fully saturated rings.